The first-order valence-electron chi connectivity index (χ1n) is 11.2. The Morgan fingerprint density at radius 3 is 1.55 bits per heavy atom. The number of hydrogen-bond donors (Lipinski definition) is 0. The molecule has 0 saturated heterocycles. The van der Waals surface area contributed by atoms with Gasteiger partial charge in [0.15, 0.2) is 0 Å². The summed E-state index contributed by atoms with van der Waals surface area (Å²) >= 11 is 0. The summed E-state index contributed by atoms with van der Waals surface area (Å²) in [5, 5.41) is 0. The number of unbranched alkanes of at least 4 members (excludes halogenated alkanes) is 3. The van der Waals surface area contributed by atoms with Crippen molar-refractivity contribution in [1.82, 2.24) is 0 Å². The molecular weight excluding hydrogens is 405 g/mol. The molecule has 31 heavy (non-hydrogen) atoms. The standard InChI is InChI=1S/C25H33F3O3/c1-4-7-10-29-19-15-23(30-11-8-5-2)25(24(16-19)31-12-9-6-3)18-13-21(27)20(17-26)22(28)14-18/h13-16H,4-12,17H2,1-3H3. The minimum Gasteiger partial charge on any atom is -0.493 e. The molecule has 2 aromatic carbocycles. The highest BCUT2D eigenvalue weighted by molar-refractivity contribution is 5.78. The van der Waals surface area contributed by atoms with E-state index in [2.05, 4.69) is 6.92 Å². The summed E-state index contributed by atoms with van der Waals surface area (Å²) in [6, 6.07) is 5.72. The van der Waals surface area contributed by atoms with Crippen molar-refractivity contribution in [1.29, 1.82) is 0 Å². The van der Waals surface area contributed by atoms with E-state index in [4.69, 9.17) is 14.2 Å². The number of ether oxygens (including phenoxy) is 3. The fourth-order valence-corrected chi connectivity index (χ4v) is 3.02. The van der Waals surface area contributed by atoms with Crippen LogP contribution in [0.25, 0.3) is 11.1 Å². The normalized spacial score (nSPS) is 10.9. The maximum atomic E-state index is 14.4. The van der Waals surface area contributed by atoms with Crippen LogP contribution in [0.5, 0.6) is 17.2 Å². The van der Waals surface area contributed by atoms with Gasteiger partial charge >= 0.3 is 0 Å². The van der Waals surface area contributed by atoms with Crippen molar-refractivity contribution < 1.29 is 27.4 Å². The Hall–Kier alpha value is -2.37. The van der Waals surface area contributed by atoms with Crippen LogP contribution >= 0.6 is 0 Å². The third-order valence-corrected chi connectivity index (χ3v) is 4.88. The molecular formula is C25H33F3O3. The molecule has 0 aromatic heterocycles. The highest BCUT2D eigenvalue weighted by Gasteiger charge is 2.20. The zero-order valence-corrected chi connectivity index (χ0v) is 18.7. The largest absolute Gasteiger partial charge is 0.493 e. The lowest BCUT2D eigenvalue weighted by atomic mass is 10.0. The second kappa shape index (κ2) is 13.1. The van der Waals surface area contributed by atoms with Gasteiger partial charge in [0.25, 0.3) is 0 Å². The van der Waals surface area contributed by atoms with Crippen LogP contribution in [0.15, 0.2) is 24.3 Å². The molecule has 6 heteroatoms. The highest BCUT2D eigenvalue weighted by Crippen LogP contribution is 2.43. The molecule has 0 saturated carbocycles. The molecule has 0 amide bonds. The van der Waals surface area contributed by atoms with Gasteiger partial charge in [0, 0.05) is 12.1 Å². The van der Waals surface area contributed by atoms with E-state index < -0.39 is 23.9 Å². The van der Waals surface area contributed by atoms with Crippen molar-refractivity contribution in [2.24, 2.45) is 0 Å². The molecule has 0 unspecified atom stereocenters. The van der Waals surface area contributed by atoms with Gasteiger partial charge in [-0.25, -0.2) is 13.2 Å². The number of benzene rings is 2. The van der Waals surface area contributed by atoms with Crippen LogP contribution in [0, 0.1) is 11.6 Å². The van der Waals surface area contributed by atoms with Crippen LogP contribution in [-0.2, 0) is 6.67 Å². The minimum atomic E-state index is -1.21. The minimum absolute atomic E-state index is 0.241. The van der Waals surface area contributed by atoms with Gasteiger partial charge in [-0.1, -0.05) is 40.0 Å². The Morgan fingerprint density at radius 1 is 0.677 bits per heavy atom. The quantitative estimate of drug-likeness (QED) is 0.284. The van der Waals surface area contributed by atoms with Crippen LogP contribution in [0.3, 0.4) is 0 Å². The number of hydrogen-bond acceptors (Lipinski definition) is 3. The van der Waals surface area contributed by atoms with E-state index in [0.717, 1.165) is 50.7 Å². The summed E-state index contributed by atoms with van der Waals surface area (Å²) in [6.07, 6.45) is 5.44. The average molecular weight is 439 g/mol. The molecule has 0 bridgehead atoms. The summed E-state index contributed by atoms with van der Waals surface area (Å²) < 4.78 is 59.6. The smallest absolute Gasteiger partial charge is 0.134 e. The van der Waals surface area contributed by atoms with E-state index in [1.54, 1.807) is 12.1 Å². The molecule has 2 rings (SSSR count). The maximum absolute atomic E-state index is 14.4. The van der Waals surface area contributed by atoms with E-state index in [0.29, 0.717) is 42.6 Å². The number of halogens is 3. The van der Waals surface area contributed by atoms with Crippen molar-refractivity contribution in [2.75, 3.05) is 19.8 Å². The van der Waals surface area contributed by atoms with Crippen molar-refractivity contribution in [3.8, 4) is 28.4 Å². The second-order valence-corrected chi connectivity index (χ2v) is 7.45. The molecule has 172 valence electrons. The maximum Gasteiger partial charge on any atom is 0.134 e. The second-order valence-electron chi connectivity index (χ2n) is 7.45. The highest BCUT2D eigenvalue weighted by atomic mass is 19.1. The summed E-state index contributed by atoms with van der Waals surface area (Å²) in [5.74, 6) is -0.419. The molecule has 0 fully saturated rings. The van der Waals surface area contributed by atoms with Gasteiger partial charge in [0.2, 0.25) is 0 Å². The predicted molar refractivity (Wildman–Crippen MR) is 118 cm³/mol. The van der Waals surface area contributed by atoms with E-state index in [-0.39, 0.29) is 5.56 Å². The van der Waals surface area contributed by atoms with E-state index >= 15 is 0 Å². The van der Waals surface area contributed by atoms with Gasteiger partial charge in [0.1, 0.15) is 35.6 Å². The fourth-order valence-electron chi connectivity index (χ4n) is 3.02. The predicted octanol–water partition coefficient (Wildman–Crippen LogP) is 7.64. The Balaban J connectivity index is 2.56. The third kappa shape index (κ3) is 7.08. The van der Waals surface area contributed by atoms with Gasteiger partial charge < -0.3 is 14.2 Å². The SMILES string of the molecule is CCCCOc1cc(OCCCC)c(-c2cc(F)c(CF)c(F)c2)c(OCCCC)c1. The lowest BCUT2D eigenvalue weighted by molar-refractivity contribution is 0.281. The van der Waals surface area contributed by atoms with Crippen molar-refractivity contribution in [2.45, 2.75) is 66.0 Å². The summed E-state index contributed by atoms with van der Waals surface area (Å²) in [5.41, 5.74) is 0.105. The molecule has 0 aliphatic rings. The van der Waals surface area contributed by atoms with Crippen molar-refractivity contribution in [3.05, 3.63) is 41.5 Å². The molecule has 0 radical (unpaired) electrons. The Kier molecular flexibility index (Phi) is 10.5. The molecule has 0 N–H and O–H groups in total. The number of alkyl halides is 1. The summed E-state index contributed by atoms with van der Waals surface area (Å²) in [6.45, 7) is 6.42. The molecule has 0 aliphatic carbocycles. The first-order valence-corrected chi connectivity index (χ1v) is 11.2. The van der Waals surface area contributed by atoms with Crippen LogP contribution in [0.2, 0.25) is 0 Å². The van der Waals surface area contributed by atoms with Gasteiger partial charge in [0.05, 0.1) is 30.9 Å². The van der Waals surface area contributed by atoms with E-state index in [9.17, 15) is 13.2 Å². The zero-order valence-electron chi connectivity index (χ0n) is 18.7. The van der Waals surface area contributed by atoms with E-state index in [1.165, 1.54) is 0 Å². The first kappa shape index (κ1) is 24.9. The Morgan fingerprint density at radius 2 is 1.13 bits per heavy atom. The van der Waals surface area contributed by atoms with E-state index in [1.807, 2.05) is 13.8 Å². The third-order valence-electron chi connectivity index (χ3n) is 4.88. The summed E-state index contributed by atoms with van der Waals surface area (Å²) in [4.78, 5) is 0. The van der Waals surface area contributed by atoms with Gasteiger partial charge in [-0.15, -0.1) is 0 Å². The lowest BCUT2D eigenvalue weighted by Gasteiger charge is -2.19. The molecule has 0 atom stereocenters. The molecule has 0 heterocycles. The van der Waals surface area contributed by atoms with Crippen molar-refractivity contribution >= 4 is 0 Å². The first-order chi connectivity index (χ1) is 15.0. The zero-order chi connectivity index (χ0) is 22.6. The van der Waals surface area contributed by atoms with Crippen LogP contribution in [0.1, 0.15) is 64.9 Å². The van der Waals surface area contributed by atoms with Gasteiger partial charge in [-0.2, -0.15) is 0 Å². The van der Waals surface area contributed by atoms with Gasteiger partial charge in [-0.3, -0.25) is 0 Å². The average Bonchev–Trinajstić information content (AvgIpc) is 2.74. The number of rotatable bonds is 14. The monoisotopic (exact) mass is 438 g/mol. The molecule has 0 aliphatic heterocycles. The van der Waals surface area contributed by atoms with Crippen molar-refractivity contribution in [3.63, 3.8) is 0 Å². The van der Waals surface area contributed by atoms with Crippen LogP contribution in [-0.4, -0.2) is 19.8 Å². The van der Waals surface area contributed by atoms with Crippen LogP contribution < -0.4 is 14.2 Å². The topological polar surface area (TPSA) is 27.7 Å². The van der Waals surface area contributed by atoms with Crippen LogP contribution in [0.4, 0.5) is 13.2 Å². The Labute approximate surface area is 183 Å². The summed E-state index contributed by atoms with van der Waals surface area (Å²) in [7, 11) is 0. The van der Waals surface area contributed by atoms with Gasteiger partial charge in [-0.05, 0) is 37.0 Å². The fraction of sp³-hybridized carbons (Fsp3) is 0.520. The Bertz CT molecular complexity index is 770. The molecule has 2 aromatic rings. The lowest BCUT2D eigenvalue weighted by Crippen LogP contribution is -2.05. The molecule has 0 spiro atoms. The molecule has 3 nitrogen and oxygen atoms in total.